The Labute approximate surface area is 104 Å². The number of hydrogen-bond acceptors (Lipinski definition) is 3. The molecule has 0 bridgehead atoms. The summed E-state index contributed by atoms with van der Waals surface area (Å²) in [6.07, 6.45) is 1.23. The molecular formula is C12H13ClO4. The molecule has 0 radical (unpaired) electrons. The van der Waals surface area contributed by atoms with Crippen molar-refractivity contribution in [3.05, 3.63) is 22.7 Å². The number of carboxylic acids is 1. The molecule has 17 heavy (non-hydrogen) atoms. The van der Waals surface area contributed by atoms with Gasteiger partial charge in [0.05, 0.1) is 24.7 Å². The number of methoxy groups -OCH3 is 2. The van der Waals surface area contributed by atoms with Crippen molar-refractivity contribution in [2.24, 2.45) is 0 Å². The maximum atomic E-state index is 11.3. The third-order valence-electron chi connectivity index (χ3n) is 3.15. The normalized spacial score (nSPS) is 16.4. The van der Waals surface area contributed by atoms with Crippen molar-refractivity contribution in [2.75, 3.05) is 14.2 Å². The lowest BCUT2D eigenvalue weighted by molar-refractivity contribution is -0.140. The van der Waals surface area contributed by atoms with E-state index < -0.39 is 11.4 Å². The van der Waals surface area contributed by atoms with Crippen LogP contribution in [0.2, 0.25) is 5.02 Å². The fraction of sp³-hybridized carbons (Fsp3) is 0.417. The van der Waals surface area contributed by atoms with Gasteiger partial charge in [0.25, 0.3) is 0 Å². The van der Waals surface area contributed by atoms with Crippen LogP contribution >= 0.6 is 11.6 Å². The maximum Gasteiger partial charge on any atom is 0.314 e. The van der Waals surface area contributed by atoms with E-state index in [9.17, 15) is 9.90 Å². The summed E-state index contributed by atoms with van der Waals surface area (Å²) < 4.78 is 10.4. The molecule has 0 aromatic heterocycles. The van der Waals surface area contributed by atoms with Crippen molar-refractivity contribution in [3.8, 4) is 11.5 Å². The Balaban J connectivity index is 2.59. The highest BCUT2D eigenvalue weighted by atomic mass is 35.5. The number of hydrogen-bond donors (Lipinski definition) is 1. The molecule has 1 fully saturated rings. The van der Waals surface area contributed by atoms with E-state index in [1.54, 1.807) is 12.1 Å². The standard InChI is InChI=1S/C12H13ClO4/c1-16-9-7(12(5-6-12)11(14)15)3-4-8(13)10(9)17-2/h3-4H,5-6H2,1-2H3,(H,14,15). The second-order valence-electron chi connectivity index (χ2n) is 4.05. The van der Waals surface area contributed by atoms with Gasteiger partial charge in [-0.1, -0.05) is 17.7 Å². The molecular weight excluding hydrogens is 244 g/mol. The highest BCUT2D eigenvalue weighted by Crippen LogP contribution is 2.54. The average molecular weight is 257 g/mol. The van der Waals surface area contributed by atoms with Crippen LogP contribution in [0.15, 0.2) is 12.1 Å². The zero-order valence-electron chi connectivity index (χ0n) is 9.62. The van der Waals surface area contributed by atoms with Crippen LogP contribution in [0.4, 0.5) is 0 Å². The van der Waals surface area contributed by atoms with E-state index in [1.807, 2.05) is 0 Å². The minimum Gasteiger partial charge on any atom is -0.492 e. The lowest BCUT2D eigenvalue weighted by Crippen LogP contribution is -2.20. The predicted octanol–water partition coefficient (Wildman–Crippen LogP) is 2.47. The van der Waals surface area contributed by atoms with E-state index in [1.165, 1.54) is 14.2 Å². The number of ether oxygens (including phenoxy) is 2. The third kappa shape index (κ3) is 1.72. The summed E-state index contributed by atoms with van der Waals surface area (Å²) in [5.41, 5.74) is -0.197. The van der Waals surface area contributed by atoms with Gasteiger partial charge in [0.15, 0.2) is 11.5 Å². The fourth-order valence-corrected chi connectivity index (χ4v) is 2.26. The van der Waals surface area contributed by atoms with E-state index in [4.69, 9.17) is 21.1 Å². The molecule has 4 nitrogen and oxygen atoms in total. The van der Waals surface area contributed by atoms with Crippen molar-refractivity contribution in [3.63, 3.8) is 0 Å². The molecule has 1 aliphatic carbocycles. The highest BCUT2D eigenvalue weighted by molar-refractivity contribution is 6.32. The van der Waals surface area contributed by atoms with Gasteiger partial charge in [-0.3, -0.25) is 4.79 Å². The Morgan fingerprint density at radius 1 is 1.29 bits per heavy atom. The summed E-state index contributed by atoms with van der Waals surface area (Å²) in [6.45, 7) is 0. The molecule has 2 rings (SSSR count). The van der Waals surface area contributed by atoms with E-state index in [2.05, 4.69) is 0 Å². The minimum absolute atomic E-state index is 0.388. The molecule has 0 amide bonds. The first-order valence-corrected chi connectivity index (χ1v) is 5.59. The molecule has 0 heterocycles. The van der Waals surface area contributed by atoms with Crippen LogP contribution in [0.1, 0.15) is 18.4 Å². The molecule has 0 spiro atoms. The minimum atomic E-state index is -0.833. The van der Waals surface area contributed by atoms with Gasteiger partial charge in [-0.15, -0.1) is 0 Å². The first-order chi connectivity index (χ1) is 8.06. The summed E-state index contributed by atoms with van der Waals surface area (Å²) in [4.78, 5) is 11.3. The molecule has 1 saturated carbocycles. The van der Waals surface area contributed by atoms with Gasteiger partial charge >= 0.3 is 5.97 Å². The van der Waals surface area contributed by atoms with Crippen LogP contribution in [0.25, 0.3) is 0 Å². The molecule has 0 saturated heterocycles. The predicted molar refractivity (Wildman–Crippen MR) is 63.1 cm³/mol. The van der Waals surface area contributed by atoms with Gasteiger partial charge in [-0.2, -0.15) is 0 Å². The van der Waals surface area contributed by atoms with E-state index in [0.29, 0.717) is 34.9 Å². The quantitative estimate of drug-likeness (QED) is 0.899. The second-order valence-corrected chi connectivity index (χ2v) is 4.46. The summed E-state index contributed by atoms with van der Waals surface area (Å²) in [5.74, 6) is -0.0285. The first kappa shape index (κ1) is 12.0. The zero-order valence-corrected chi connectivity index (χ0v) is 10.4. The number of halogens is 1. The maximum absolute atomic E-state index is 11.3. The molecule has 0 unspecified atom stereocenters. The van der Waals surface area contributed by atoms with Gasteiger partial charge < -0.3 is 14.6 Å². The molecule has 1 aliphatic rings. The zero-order chi connectivity index (χ0) is 12.6. The second kappa shape index (κ2) is 4.11. The molecule has 1 N–H and O–H groups in total. The van der Waals surface area contributed by atoms with E-state index >= 15 is 0 Å². The van der Waals surface area contributed by atoms with Crippen LogP contribution in [-0.2, 0) is 10.2 Å². The van der Waals surface area contributed by atoms with Crippen LogP contribution in [-0.4, -0.2) is 25.3 Å². The average Bonchev–Trinajstić information content (AvgIpc) is 3.09. The van der Waals surface area contributed by atoms with Gasteiger partial charge in [0.1, 0.15) is 0 Å². The largest absolute Gasteiger partial charge is 0.492 e. The highest BCUT2D eigenvalue weighted by Gasteiger charge is 2.53. The van der Waals surface area contributed by atoms with Crippen molar-refractivity contribution < 1.29 is 19.4 Å². The third-order valence-corrected chi connectivity index (χ3v) is 3.44. The number of carbonyl (C=O) groups is 1. The van der Waals surface area contributed by atoms with Crippen LogP contribution in [0.3, 0.4) is 0 Å². The van der Waals surface area contributed by atoms with Crippen LogP contribution in [0, 0.1) is 0 Å². The van der Waals surface area contributed by atoms with E-state index in [0.717, 1.165) is 0 Å². The van der Waals surface area contributed by atoms with E-state index in [-0.39, 0.29) is 0 Å². The Morgan fingerprint density at radius 2 is 1.88 bits per heavy atom. The lowest BCUT2D eigenvalue weighted by Gasteiger charge is -2.18. The summed E-state index contributed by atoms with van der Waals surface area (Å²) in [5, 5.41) is 9.69. The van der Waals surface area contributed by atoms with Crippen LogP contribution < -0.4 is 9.47 Å². The van der Waals surface area contributed by atoms with Crippen molar-refractivity contribution in [1.82, 2.24) is 0 Å². The van der Waals surface area contributed by atoms with Crippen molar-refractivity contribution in [1.29, 1.82) is 0 Å². The number of aliphatic carboxylic acids is 1. The Hall–Kier alpha value is -1.42. The monoisotopic (exact) mass is 256 g/mol. The van der Waals surface area contributed by atoms with Gasteiger partial charge in [0.2, 0.25) is 0 Å². The molecule has 5 heteroatoms. The first-order valence-electron chi connectivity index (χ1n) is 5.21. The van der Waals surface area contributed by atoms with Crippen molar-refractivity contribution >= 4 is 17.6 Å². The number of rotatable bonds is 4. The van der Waals surface area contributed by atoms with Gasteiger partial charge in [-0.05, 0) is 18.9 Å². The Morgan fingerprint density at radius 3 is 2.29 bits per heavy atom. The summed E-state index contributed by atoms with van der Waals surface area (Å²) >= 11 is 5.98. The van der Waals surface area contributed by atoms with Crippen LogP contribution in [0.5, 0.6) is 11.5 Å². The SMILES string of the molecule is COc1c(Cl)ccc(C2(C(=O)O)CC2)c1OC. The summed E-state index contributed by atoms with van der Waals surface area (Å²) in [7, 11) is 2.96. The topological polar surface area (TPSA) is 55.8 Å². The number of carboxylic acid groups (broad SMARTS) is 1. The van der Waals surface area contributed by atoms with Gasteiger partial charge in [0, 0.05) is 5.56 Å². The fourth-order valence-electron chi connectivity index (χ4n) is 2.03. The lowest BCUT2D eigenvalue weighted by atomic mass is 9.95. The van der Waals surface area contributed by atoms with Crippen molar-refractivity contribution in [2.45, 2.75) is 18.3 Å². The molecule has 0 aliphatic heterocycles. The summed E-state index contributed by atoms with van der Waals surface area (Å²) in [6, 6.07) is 3.34. The smallest absolute Gasteiger partial charge is 0.314 e. The molecule has 0 atom stereocenters. The Kier molecular flexibility index (Phi) is 2.91. The molecule has 92 valence electrons. The molecule has 1 aromatic rings. The van der Waals surface area contributed by atoms with Gasteiger partial charge in [-0.25, -0.2) is 0 Å². The Bertz CT molecular complexity index is 466. The molecule has 1 aromatic carbocycles. The number of benzene rings is 1.